The smallest absolute Gasteiger partial charge is 0.478 e. The van der Waals surface area contributed by atoms with Crippen LogP contribution in [0.15, 0.2) is 23.1 Å². The maximum atomic E-state index is 10.8. The summed E-state index contributed by atoms with van der Waals surface area (Å²) in [5.41, 5.74) is -1.07. The zero-order valence-corrected chi connectivity index (χ0v) is 13.3. The molecule has 0 amide bonds. The molecule has 1 aromatic carbocycles. The van der Waals surface area contributed by atoms with E-state index in [0.29, 0.717) is 12.1 Å². The predicted molar refractivity (Wildman–Crippen MR) is 62.6 cm³/mol. The Kier molecular flexibility index (Phi) is 9.66. The van der Waals surface area contributed by atoms with Gasteiger partial charge in [-0.15, -0.1) is 0 Å². The Morgan fingerprint density at radius 1 is 1.05 bits per heavy atom. The Morgan fingerprint density at radius 3 is 1.55 bits per heavy atom. The van der Waals surface area contributed by atoms with E-state index in [9.17, 15) is 18.0 Å². The topological polar surface area (TPSA) is 149 Å². The van der Waals surface area contributed by atoms with Gasteiger partial charge in [0.2, 0.25) is 0 Å². The molecule has 0 saturated carbocycles. The minimum absolute atomic E-state index is 0. The zero-order chi connectivity index (χ0) is 15.2. The fourth-order valence-corrected chi connectivity index (χ4v) is 1.55. The fraction of sp³-hybridized carbons (Fsp3) is 0.100. The predicted octanol–water partition coefficient (Wildman–Crippen LogP) is -2.85. The van der Waals surface area contributed by atoms with E-state index < -0.39 is 38.1 Å². The van der Waals surface area contributed by atoms with E-state index in [0.717, 1.165) is 6.07 Å². The minimum Gasteiger partial charge on any atom is -0.478 e. The van der Waals surface area contributed by atoms with Crippen molar-refractivity contribution in [2.45, 2.75) is 4.90 Å². The molecule has 1 aromatic rings. The van der Waals surface area contributed by atoms with Gasteiger partial charge in [-0.25, -0.2) is 9.59 Å². The van der Waals surface area contributed by atoms with Crippen LogP contribution in [0.3, 0.4) is 0 Å². The van der Waals surface area contributed by atoms with Gasteiger partial charge in [0, 0.05) is 0 Å². The standard InChI is InChI=1S/C8H6O7S.C2H5O.Na/c9-7(10)4-1-5(8(11)12)3-6(2-4)16(13,14)15;1-2-3;/h1-3H,(H,9,10)(H,11,12)(H,13,14,15);3H,1-2H2;/q;-1;+1. The maximum absolute atomic E-state index is 10.8. The van der Waals surface area contributed by atoms with Crippen molar-refractivity contribution in [3.05, 3.63) is 36.2 Å². The van der Waals surface area contributed by atoms with Gasteiger partial charge in [0.05, 0.1) is 16.0 Å². The third-order valence-electron chi connectivity index (χ3n) is 1.70. The molecule has 0 heterocycles. The molecule has 20 heavy (non-hydrogen) atoms. The van der Waals surface area contributed by atoms with Crippen molar-refractivity contribution in [1.82, 2.24) is 0 Å². The summed E-state index contributed by atoms with van der Waals surface area (Å²) in [6, 6.07) is 2.13. The molecule has 0 aromatic heterocycles. The van der Waals surface area contributed by atoms with Gasteiger partial charge in [-0.2, -0.15) is 8.42 Å². The van der Waals surface area contributed by atoms with Crippen LogP contribution in [0.4, 0.5) is 0 Å². The molecule has 0 spiro atoms. The number of aliphatic hydroxyl groups is 1. The number of carbonyl (C=O) groups is 2. The second kappa shape index (κ2) is 9.06. The van der Waals surface area contributed by atoms with Crippen molar-refractivity contribution in [2.75, 3.05) is 6.61 Å². The third kappa shape index (κ3) is 6.98. The van der Waals surface area contributed by atoms with Crippen molar-refractivity contribution in [1.29, 1.82) is 0 Å². The SMILES string of the molecule is O=C(O)c1cc(C(=O)O)cc(S(=O)(=O)O)c1.[CH2-]CO.[Na+]. The fourth-order valence-electron chi connectivity index (χ4n) is 0.995. The van der Waals surface area contributed by atoms with E-state index in [1.54, 1.807) is 0 Å². The molecule has 0 radical (unpaired) electrons. The summed E-state index contributed by atoms with van der Waals surface area (Å²) in [5, 5.41) is 24.7. The van der Waals surface area contributed by atoms with Crippen molar-refractivity contribution in [2.24, 2.45) is 0 Å². The molecule has 10 heteroatoms. The summed E-state index contributed by atoms with van der Waals surface area (Å²) >= 11 is 0. The van der Waals surface area contributed by atoms with Crippen LogP contribution in [-0.4, -0.2) is 46.8 Å². The molecule has 0 bridgehead atoms. The van der Waals surface area contributed by atoms with Crippen LogP contribution in [0.1, 0.15) is 20.7 Å². The van der Waals surface area contributed by atoms with Gasteiger partial charge in [-0.05, 0) is 18.2 Å². The number of hydrogen-bond donors (Lipinski definition) is 4. The van der Waals surface area contributed by atoms with E-state index in [-0.39, 0.29) is 36.2 Å². The molecule has 0 fully saturated rings. The number of aliphatic hydroxyl groups excluding tert-OH is 1. The molecular formula is C10H11NaO8S. The Morgan fingerprint density at radius 2 is 1.35 bits per heavy atom. The molecular weight excluding hydrogens is 303 g/mol. The van der Waals surface area contributed by atoms with Crippen LogP contribution in [0, 0.1) is 6.92 Å². The first kappa shape index (κ1) is 21.3. The van der Waals surface area contributed by atoms with Gasteiger partial charge in [0.25, 0.3) is 10.1 Å². The molecule has 8 nitrogen and oxygen atoms in total. The summed E-state index contributed by atoms with van der Waals surface area (Å²) in [5.74, 6) is -2.99. The molecule has 0 unspecified atom stereocenters. The molecule has 0 saturated heterocycles. The first-order chi connectivity index (χ1) is 8.63. The number of aromatic carboxylic acids is 2. The van der Waals surface area contributed by atoms with Gasteiger partial charge >= 0.3 is 41.5 Å². The van der Waals surface area contributed by atoms with Crippen molar-refractivity contribution >= 4 is 22.1 Å². The van der Waals surface area contributed by atoms with Crippen molar-refractivity contribution in [3.63, 3.8) is 0 Å². The van der Waals surface area contributed by atoms with Gasteiger partial charge in [-0.1, -0.05) is 6.61 Å². The van der Waals surface area contributed by atoms with Crippen molar-refractivity contribution in [3.8, 4) is 0 Å². The van der Waals surface area contributed by atoms with E-state index >= 15 is 0 Å². The first-order valence-electron chi connectivity index (χ1n) is 4.62. The van der Waals surface area contributed by atoms with Gasteiger partial charge in [-0.3, -0.25) is 4.55 Å². The molecule has 4 N–H and O–H groups in total. The summed E-state index contributed by atoms with van der Waals surface area (Å²) in [6.07, 6.45) is 0. The van der Waals surface area contributed by atoms with E-state index in [2.05, 4.69) is 6.92 Å². The first-order valence-corrected chi connectivity index (χ1v) is 6.06. The van der Waals surface area contributed by atoms with Crippen LogP contribution in [0.25, 0.3) is 0 Å². The summed E-state index contributed by atoms with van der Waals surface area (Å²) in [4.78, 5) is 20.4. The van der Waals surface area contributed by atoms with Crippen LogP contribution >= 0.6 is 0 Å². The van der Waals surface area contributed by atoms with E-state index in [4.69, 9.17) is 19.9 Å². The number of carboxylic acid groups (broad SMARTS) is 2. The Balaban J connectivity index is 0. The molecule has 106 valence electrons. The summed E-state index contributed by atoms with van der Waals surface area (Å²) in [6.45, 7) is 3.04. The Labute approximate surface area is 137 Å². The van der Waals surface area contributed by atoms with Crippen LogP contribution in [0.2, 0.25) is 0 Å². The van der Waals surface area contributed by atoms with Crippen LogP contribution in [-0.2, 0) is 10.1 Å². The number of rotatable bonds is 3. The van der Waals surface area contributed by atoms with Gasteiger partial charge < -0.3 is 22.2 Å². The van der Waals surface area contributed by atoms with Crippen molar-refractivity contribution < 1.29 is 67.4 Å². The number of benzene rings is 1. The Hall–Kier alpha value is -0.970. The largest absolute Gasteiger partial charge is 1.00 e. The second-order valence-electron chi connectivity index (χ2n) is 3.06. The zero-order valence-electron chi connectivity index (χ0n) is 10.5. The average Bonchev–Trinajstić information content (AvgIpc) is 2.28. The minimum atomic E-state index is -4.64. The monoisotopic (exact) mass is 314 g/mol. The third-order valence-corrected chi connectivity index (χ3v) is 2.53. The number of hydrogen-bond acceptors (Lipinski definition) is 5. The second-order valence-corrected chi connectivity index (χ2v) is 4.48. The van der Waals surface area contributed by atoms with E-state index in [1.807, 2.05) is 0 Å². The van der Waals surface area contributed by atoms with E-state index in [1.165, 1.54) is 0 Å². The quantitative estimate of drug-likeness (QED) is 0.264. The van der Waals surface area contributed by atoms with Crippen LogP contribution < -0.4 is 29.6 Å². The van der Waals surface area contributed by atoms with Crippen LogP contribution in [0.5, 0.6) is 0 Å². The molecule has 1 rings (SSSR count). The molecule has 0 aliphatic carbocycles. The normalized spacial score (nSPS) is 9.75. The molecule has 0 aliphatic rings. The summed E-state index contributed by atoms with van der Waals surface area (Å²) in [7, 11) is -4.64. The number of carboxylic acids is 2. The van der Waals surface area contributed by atoms with Gasteiger partial charge in [0.15, 0.2) is 0 Å². The van der Waals surface area contributed by atoms with Gasteiger partial charge in [0.1, 0.15) is 0 Å². The average molecular weight is 314 g/mol. The molecule has 0 atom stereocenters. The molecule has 0 aliphatic heterocycles. The summed E-state index contributed by atoms with van der Waals surface area (Å²) < 4.78 is 30.2. The Bertz CT molecular complexity index is 549. The maximum Gasteiger partial charge on any atom is 1.00 e.